The van der Waals surface area contributed by atoms with E-state index in [4.69, 9.17) is 24.0 Å². The molecule has 0 bridgehead atoms. The summed E-state index contributed by atoms with van der Waals surface area (Å²) in [6.07, 6.45) is 6.61. The highest BCUT2D eigenvalue weighted by atomic mass is 79.9. The zero-order valence-corrected chi connectivity index (χ0v) is 33.7. The van der Waals surface area contributed by atoms with E-state index in [-0.39, 0.29) is 5.76 Å². The zero-order valence-electron chi connectivity index (χ0n) is 30.1. The van der Waals surface area contributed by atoms with Gasteiger partial charge >= 0.3 is 5.97 Å². The summed E-state index contributed by atoms with van der Waals surface area (Å²) >= 11 is 3.40. The first-order chi connectivity index (χ1) is 23.6. The largest absolute Gasteiger partial charge is 0.475 e. The van der Waals surface area contributed by atoms with Crippen LogP contribution in [-0.4, -0.2) is 69.5 Å². The summed E-state index contributed by atoms with van der Waals surface area (Å²) in [6.45, 7) is 20.4. The number of aryl methyl sites for hydroxylation is 2. The molecule has 0 atom stereocenters. The van der Waals surface area contributed by atoms with Crippen molar-refractivity contribution >= 4 is 60.1 Å². The first kappa shape index (κ1) is 38.9. The van der Waals surface area contributed by atoms with Gasteiger partial charge in [0.1, 0.15) is 35.1 Å². The van der Waals surface area contributed by atoms with Crippen molar-refractivity contribution in [2.75, 3.05) is 13.2 Å². The molecule has 0 spiro atoms. The molecule has 0 aliphatic heterocycles. The maximum Gasteiger partial charge on any atom is 0.373 e. The van der Waals surface area contributed by atoms with E-state index in [1.54, 1.807) is 6.92 Å². The number of ether oxygens (including phenoxy) is 2. The number of fused-ring (bicyclic) bond motifs is 2. The van der Waals surface area contributed by atoms with Gasteiger partial charge in [0.15, 0.2) is 18.5 Å². The first-order valence-electron chi connectivity index (χ1n) is 16.4. The number of hydrogen-bond donors (Lipinski definition) is 1. The highest BCUT2D eigenvalue weighted by Gasteiger charge is 2.15. The molecule has 0 radical (unpaired) electrons. The number of nitrogens with zero attached hydrogens (tertiary/aromatic N) is 6. The monoisotopic (exact) mass is 782 g/mol. The minimum Gasteiger partial charge on any atom is -0.475 e. The van der Waals surface area contributed by atoms with Gasteiger partial charge < -0.3 is 32.5 Å². The van der Waals surface area contributed by atoms with Crippen LogP contribution in [0.4, 0.5) is 0 Å². The van der Waals surface area contributed by atoms with Crippen LogP contribution < -0.4 is 0 Å². The maximum absolute atomic E-state index is 10.1. The van der Waals surface area contributed by atoms with Crippen LogP contribution in [0.25, 0.3) is 33.5 Å². The molecular formula is C35H47BrN6O6Si2. The molecule has 0 aliphatic carbocycles. The Bertz CT molecular complexity index is 1990. The Morgan fingerprint density at radius 3 is 1.74 bits per heavy atom. The zero-order chi connectivity index (χ0) is 36.5. The minimum absolute atomic E-state index is 0.0880. The van der Waals surface area contributed by atoms with E-state index in [9.17, 15) is 4.79 Å². The van der Waals surface area contributed by atoms with Crippen LogP contribution in [0, 0.1) is 13.8 Å². The second kappa shape index (κ2) is 17.4. The Morgan fingerprint density at radius 1 is 0.760 bits per heavy atom. The fourth-order valence-electron chi connectivity index (χ4n) is 4.57. The van der Waals surface area contributed by atoms with Crippen LogP contribution in [0.1, 0.15) is 21.9 Å². The van der Waals surface area contributed by atoms with Gasteiger partial charge in [-0.25, -0.2) is 24.7 Å². The Kier molecular flexibility index (Phi) is 13.5. The number of carboxylic acid groups (broad SMARTS) is 1. The molecule has 0 saturated heterocycles. The predicted molar refractivity (Wildman–Crippen MR) is 204 cm³/mol. The summed E-state index contributed by atoms with van der Waals surface area (Å²) in [5, 5.41) is 10.6. The average Bonchev–Trinajstić information content (AvgIpc) is 3.84. The second-order valence-corrected chi connectivity index (χ2v) is 26.3. The van der Waals surface area contributed by atoms with Crippen molar-refractivity contribution in [2.45, 2.75) is 78.7 Å². The van der Waals surface area contributed by atoms with E-state index in [1.807, 2.05) is 40.6 Å². The molecule has 6 aromatic rings. The lowest BCUT2D eigenvalue weighted by molar-refractivity contribution is 0.0661. The summed E-state index contributed by atoms with van der Waals surface area (Å²) in [5.41, 5.74) is 3.93. The van der Waals surface area contributed by atoms with Gasteiger partial charge in [0.2, 0.25) is 5.76 Å². The van der Waals surface area contributed by atoms with Gasteiger partial charge in [0.05, 0.1) is 11.4 Å². The minimum atomic E-state index is -1.08. The molecule has 0 unspecified atom stereocenters. The average molecular weight is 784 g/mol. The van der Waals surface area contributed by atoms with Crippen LogP contribution in [0.5, 0.6) is 0 Å². The van der Waals surface area contributed by atoms with Gasteiger partial charge in [0.25, 0.3) is 0 Å². The number of carbonyl (C=O) groups is 1. The van der Waals surface area contributed by atoms with E-state index >= 15 is 0 Å². The molecule has 50 heavy (non-hydrogen) atoms. The number of halogens is 1. The molecule has 0 aliphatic rings. The molecular weight excluding hydrogens is 736 g/mol. The van der Waals surface area contributed by atoms with Gasteiger partial charge in [-0.3, -0.25) is 0 Å². The molecule has 12 nitrogen and oxygen atoms in total. The number of aromatic carboxylic acids is 1. The molecule has 0 aromatic carbocycles. The lowest BCUT2D eigenvalue weighted by Crippen LogP contribution is -2.22. The fraction of sp³-hybridized carbons (Fsp3) is 0.400. The molecule has 268 valence electrons. The maximum atomic E-state index is 10.1. The number of hydrogen-bond acceptors (Lipinski definition) is 9. The molecule has 6 aromatic heterocycles. The third kappa shape index (κ3) is 11.6. The molecule has 0 fully saturated rings. The highest BCUT2D eigenvalue weighted by Crippen LogP contribution is 2.24. The standard InChI is InChI=1S/C17H23N3O2Si.C13H19BrN2OSi.C5H5NO3/c1-13-16(22-11-18-13)15-6-5-14-7-8-20(17(14)19-15)12-21-9-10-23(2,3)4;1-18(2,3)9-8-17-10-16-7-6-11-4-5-12(14)15-13(11)16;1-3-4(5(7)8)9-2-6-3/h5-8,11H,9-10,12H2,1-4H3;4-7H,8-10H2,1-3H3;2H,1H3,(H,7,8). The topological polar surface area (TPSA) is 143 Å². The summed E-state index contributed by atoms with van der Waals surface area (Å²) in [4.78, 5) is 27.1. The number of carboxylic acids is 1. The smallest absolute Gasteiger partial charge is 0.373 e. The fourth-order valence-corrected chi connectivity index (χ4v) is 6.38. The Morgan fingerprint density at radius 2 is 1.28 bits per heavy atom. The van der Waals surface area contributed by atoms with Gasteiger partial charge in [0, 0.05) is 52.5 Å². The Labute approximate surface area is 303 Å². The van der Waals surface area contributed by atoms with Gasteiger partial charge in [-0.05, 0) is 78.3 Å². The quantitative estimate of drug-likeness (QED) is 0.0725. The van der Waals surface area contributed by atoms with Crippen LogP contribution in [0.2, 0.25) is 51.4 Å². The summed E-state index contributed by atoms with van der Waals surface area (Å²) in [5.74, 6) is -0.445. The molecule has 6 rings (SSSR count). The summed E-state index contributed by atoms with van der Waals surface area (Å²) in [6, 6.07) is 14.5. The van der Waals surface area contributed by atoms with E-state index in [0.29, 0.717) is 19.2 Å². The molecule has 1 N–H and O–H groups in total. The second-order valence-electron chi connectivity index (χ2n) is 14.3. The lowest BCUT2D eigenvalue weighted by atomic mass is 10.2. The first-order valence-corrected chi connectivity index (χ1v) is 24.6. The van der Waals surface area contributed by atoms with Crippen LogP contribution in [0.15, 0.2) is 75.0 Å². The molecule has 6 heterocycles. The van der Waals surface area contributed by atoms with Crippen molar-refractivity contribution < 1.29 is 28.2 Å². The number of aromatic nitrogens is 6. The summed E-state index contributed by atoms with van der Waals surface area (Å²) in [7, 11) is -2.05. The molecule has 15 heteroatoms. The third-order valence-corrected chi connectivity index (χ3v) is 11.4. The van der Waals surface area contributed by atoms with Crippen molar-refractivity contribution in [2.24, 2.45) is 0 Å². The van der Waals surface area contributed by atoms with Crippen molar-refractivity contribution in [3.63, 3.8) is 0 Å². The summed E-state index contributed by atoms with van der Waals surface area (Å²) < 4.78 is 26.5. The van der Waals surface area contributed by atoms with Crippen LogP contribution in [0.3, 0.4) is 0 Å². The normalized spacial score (nSPS) is 11.7. The number of pyridine rings is 2. The lowest BCUT2D eigenvalue weighted by Gasteiger charge is -2.15. The Balaban J connectivity index is 0.000000184. The van der Waals surface area contributed by atoms with E-state index in [2.05, 4.69) is 98.8 Å². The van der Waals surface area contributed by atoms with Crippen LogP contribution >= 0.6 is 15.9 Å². The Hall–Kier alpha value is -3.90. The number of rotatable bonds is 12. The SMILES string of the molecule is C[Si](C)(C)CCOCn1ccc2ccc(Br)nc21.Cc1ncoc1-c1ccc2ccn(COCC[Si](C)(C)C)c2n1.Cc1ncoc1C(=O)O. The highest BCUT2D eigenvalue weighted by molar-refractivity contribution is 9.10. The van der Waals surface area contributed by atoms with Crippen molar-refractivity contribution in [3.8, 4) is 11.5 Å². The van der Waals surface area contributed by atoms with E-state index in [0.717, 1.165) is 63.4 Å². The third-order valence-electron chi connectivity index (χ3n) is 7.56. The molecule has 0 amide bonds. The van der Waals surface area contributed by atoms with E-state index in [1.165, 1.54) is 18.5 Å². The van der Waals surface area contributed by atoms with Gasteiger partial charge in [-0.1, -0.05) is 39.3 Å². The predicted octanol–water partition coefficient (Wildman–Crippen LogP) is 9.10. The van der Waals surface area contributed by atoms with Crippen molar-refractivity contribution in [1.82, 2.24) is 29.1 Å². The van der Waals surface area contributed by atoms with Gasteiger partial charge in [-0.15, -0.1) is 0 Å². The van der Waals surface area contributed by atoms with E-state index < -0.39 is 22.1 Å². The van der Waals surface area contributed by atoms with Crippen molar-refractivity contribution in [1.29, 1.82) is 0 Å². The number of oxazole rings is 2. The molecule has 0 saturated carbocycles. The van der Waals surface area contributed by atoms with Gasteiger partial charge in [-0.2, -0.15) is 0 Å². The van der Waals surface area contributed by atoms with Crippen molar-refractivity contribution in [3.05, 3.63) is 83.3 Å². The van der Waals surface area contributed by atoms with Crippen LogP contribution in [-0.2, 0) is 22.9 Å².